The van der Waals surface area contributed by atoms with Crippen molar-refractivity contribution in [2.45, 2.75) is 6.18 Å². The van der Waals surface area contributed by atoms with E-state index in [1.165, 1.54) is 24.3 Å². The fourth-order valence-electron chi connectivity index (χ4n) is 1.72. The molecule has 4 N–H and O–H groups in total. The average Bonchev–Trinajstić information content (AvgIpc) is 2.48. The zero-order chi connectivity index (χ0) is 17.9. The lowest BCUT2D eigenvalue weighted by molar-refractivity contribution is -0.137. The second kappa shape index (κ2) is 6.52. The van der Waals surface area contributed by atoms with E-state index in [9.17, 15) is 22.4 Å². The summed E-state index contributed by atoms with van der Waals surface area (Å²) in [4.78, 5) is 18.2. The van der Waals surface area contributed by atoms with Gasteiger partial charge in [0.05, 0.1) is 11.4 Å². The lowest BCUT2D eigenvalue weighted by Gasteiger charge is -2.16. The number of carbonyl (C=O) groups is 1. The first-order chi connectivity index (χ1) is 11.2. The van der Waals surface area contributed by atoms with Crippen molar-refractivity contribution in [1.29, 1.82) is 0 Å². The van der Waals surface area contributed by atoms with Gasteiger partial charge in [-0.15, -0.1) is 0 Å². The summed E-state index contributed by atoms with van der Waals surface area (Å²) in [5.74, 6) is -3.34. The number of hydrogen-bond acceptors (Lipinski definition) is 5. The quantitative estimate of drug-likeness (QED) is 0.586. The summed E-state index contributed by atoms with van der Waals surface area (Å²) in [7, 11) is 0. The van der Waals surface area contributed by atoms with Gasteiger partial charge in [0.25, 0.3) is 5.91 Å². The van der Waals surface area contributed by atoms with Crippen LogP contribution in [0.3, 0.4) is 0 Å². The molecule has 126 valence electrons. The molecular weight excluding hydrogens is 330 g/mol. The highest BCUT2D eigenvalue weighted by molar-refractivity contribution is 6.03. The van der Waals surface area contributed by atoms with E-state index in [2.05, 4.69) is 27.2 Å². The van der Waals surface area contributed by atoms with Gasteiger partial charge in [-0.25, -0.2) is 9.37 Å². The number of nitrogens with two attached hydrogens (primary N) is 1. The number of para-hydroxylation sites is 2. The Morgan fingerprint density at radius 3 is 2.42 bits per heavy atom. The average molecular weight is 341 g/mol. The summed E-state index contributed by atoms with van der Waals surface area (Å²) < 4.78 is 51.8. The third-order valence-electron chi connectivity index (χ3n) is 2.79. The van der Waals surface area contributed by atoms with E-state index in [1.807, 2.05) is 0 Å². The number of rotatable bonds is 4. The monoisotopic (exact) mass is 341 g/mol. The maximum atomic E-state index is 13.0. The Hall–Kier alpha value is -3.17. The van der Waals surface area contributed by atoms with Gasteiger partial charge in [-0.05, 0) is 12.1 Å². The number of carbonyl (C=O) groups excluding carboxylic acids is 1. The number of aromatic nitrogens is 2. The van der Waals surface area contributed by atoms with Crippen LogP contribution in [0.2, 0.25) is 0 Å². The van der Waals surface area contributed by atoms with E-state index in [0.29, 0.717) is 6.20 Å². The minimum Gasteiger partial charge on any atom is -0.368 e. The van der Waals surface area contributed by atoms with Crippen LogP contribution in [-0.2, 0) is 11.0 Å². The van der Waals surface area contributed by atoms with E-state index in [1.54, 1.807) is 0 Å². The van der Waals surface area contributed by atoms with Gasteiger partial charge < -0.3 is 16.4 Å². The van der Waals surface area contributed by atoms with Crippen LogP contribution in [0.25, 0.3) is 0 Å². The lowest BCUT2D eigenvalue weighted by Crippen LogP contribution is -2.15. The van der Waals surface area contributed by atoms with Crippen LogP contribution < -0.4 is 16.4 Å². The minimum absolute atomic E-state index is 0.0339. The topological polar surface area (TPSA) is 92.9 Å². The molecule has 0 fully saturated rings. The van der Waals surface area contributed by atoms with Gasteiger partial charge in [-0.2, -0.15) is 18.2 Å². The molecule has 0 unspecified atom stereocenters. The second-order valence-electron chi connectivity index (χ2n) is 4.52. The number of anilines is 4. The van der Waals surface area contributed by atoms with Gasteiger partial charge in [-0.1, -0.05) is 18.7 Å². The first-order valence-electron chi connectivity index (χ1n) is 6.40. The summed E-state index contributed by atoms with van der Waals surface area (Å²) in [6.07, 6.45) is -4.18. The molecule has 1 heterocycles. The van der Waals surface area contributed by atoms with Crippen LogP contribution in [0.1, 0.15) is 5.56 Å². The molecular formula is C14H11F4N5O. The maximum absolute atomic E-state index is 13.0. The summed E-state index contributed by atoms with van der Waals surface area (Å²) in [6.45, 7) is 2.84. The van der Waals surface area contributed by atoms with E-state index in [-0.39, 0.29) is 17.3 Å². The van der Waals surface area contributed by atoms with Gasteiger partial charge in [0.1, 0.15) is 11.4 Å². The molecule has 1 amide bonds. The molecule has 10 heteroatoms. The maximum Gasteiger partial charge on any atom is 0.421 e. The minimum atomic E-state index is -4.72. The van der Waals surface area contributed by atoms with Crippen LogP contribution >= 0.6 is 0 Å². The third kappa shape index (κ3) is 3.97. The predicted molar refractivity (Wildman–Crippen MR) is 80.0 cm³/mol. The standard InChI is InChI=1S/C14H11F4N5O/c1-7(15)12(24)22-10-5-3-2-4-9(10)21-11-8(14(16,17)18)6-20-13(19)23-11/h2-6H,1H2,(H,22,24)(H3,19,20,21,23). The molecule has 2 aromatic rings. The molecule has 0 spiro atoms. The third-order valence-corrected chi connectivity index (χ3v) is 2.79. The Balaban J connectivity index is 2.41. The molecule has 1 aromatic carbocycles. The van der Waals surface area contributed by atoms with Gasteiger partial charge >= 0.3 is 6.18 Å². The molecule has 2 rings (SSSR count). The number of nitrogens with zero attached hydrogens (tertiary/aromatic N) is 2. The Kier molecular flexibility index (Phi) is 4.67. The van der Waals surface area contributed by atoms with Gasteiger partial charge in [-0.3, -0.25) is 4.79 Å². The Bertz CT molecular complexity index is 791. The molecule has 24 heavy (non-hydrogen) atoms. The molecule has 0 bridgehead atoms. The normalized spacial score (nSPS) is 11.0. The second-order valence-corrected chi connectivity index (χ2v) is 4.52. The summed E-state index contributed by atoms with van der Waals surface area (Å²) in [5, 5.41) is 4.59. The van der Waals surface area contributed by atoms with E-state index >= 15 is 0 Å². The van der Waals surface area contributed by atoms with Crippen molar-refractivity contribution < 1.29 is 22.4 Å². The predicted octanol–water partition coefficient (Wildman–Crippen LogP) is 3.24. The van der Waals surface area contributed by atoms with Gasteiger partial charge in [0.2, 0.25) is 5.95 Å². The van der Waals surface area contributed by atoms with Crippen LogP contribution in [-0.4, -0.2) is 15.9 Å². The Morgan fingerprint density at radius 1 is 1.21 bits per heavy atom. The number of nitrogen functional groups attached to an aromatic ring is 1. The van der Waals surface area contributed by atoms with E-state index in [4.69, 9.17) is 5.73 Å². The lowest BCUT2D eigenvalue weighted by atomic mass is 10.2. The fourth-order valence-corrected chi connectivity index (χ4v) is 1.72. The highest BCUT2D eigenvalue weighted by Crippen LogP contribution is 2.36. The zero-order valence-electron chi connectivity index (χ0n) is 12.0. The van der Waals surface area contributed by atoms with Gasteiger partial charge in [0.15, 0.2) is 5.83 Å². The highest BCUT2D eigenvalue weighted by Gasteiger charge is 2.35. The largest absolute Gasteiger partial charge is 0.421 e. The highest BCUT2D eigenvalue weighted by atomic mass is 19.4. The smallest absolute Gasteiger partial charge is 0.368 e. The summed E-state index contributed by atoms with van der Waals surface area (Å²) in [6, 6.07) is 5.73. The number of alkyl halides is 3. The molecule has 0 saturated carbocycles. The number of benzene rings is 1. The number of nitrogens with one attached hydrogen (secondary N) is 2. The molecule has 0 atom stereocenters. The number of halogens is 4. The molecule has 6 nitrogen and oxygen atoms in total. The van der Waals surface area contributed by atoms with Crippen molar-refractivity contribution in [2.24, 2.45) is 0 Å². The molecule has 0 radical (unpaired) electrons. The fraction of sp³-hybridized carbons (Fsp3) is 0.0714. The van der Waals surface area contributed by atoms with Crippen molar-refractivity contribution in [3.63, 3.8) is 0 Å². The van der Waals surface area contributed by atoms with E-state index in [0.717, 1.165) is 0 Å². The van der Waals surface area contributed by atoms with Crippen molar-refractivity contribution in [3.8, 4) is 0 Å². The van der Waals surface area contributed by atoms with Crippen LogP contribution in [0.15, 0.2) is 42.9 Å². The molecule has 0 aliphatic rings. The van der Waals surface area contributed by atoms with Crippen molar-refractivity contribution >= 4 is 29.0 Å². The first kappa shape index (κ1) is 17.2. The van der Waals surface area contributed by atoms with Crippen LogP contribution in [0.5, 0.6) is 0 Å². The Labute approximate surface area is 133 Å². The molecule has 0 saturated heterocycles. The van der Waals surface area contributed by atoms with E-state index < -0.39 is 29.3 Å². The summed E-state index contributed by atoms with van der Waals surface area (Å²) >= 11 is 0. The Morgan fingerprint density at radius 2 is 1.83 bits per heavy atom. The van der Waals surface area contributed by atoms with Crippen LogP contribution in [0.4, 0.5) is 40.7 Å². The zero-order valence-corrected chi connectivity index (χ0v) is 12.0. The van der Waals surface area contributed by atoms with Crippen LogP contribution in [0, 0.1) is 0 Å². The number of amides is 1. The number of hydrogen-bond donors (Lipinski definition) is 3. The van der Waals surface area contributed by atoms with Crippen molar-refractivity contribution in [3.05, 3.63) is 48.4 Å². The van der Waals surface area contributed by atoms with Crippen molar-refractivity contribution in [1.82, 2.24) is 9.97 Å². The molecule has 0 aliphatic heterocycles. The first-order valence-corrected chi connectivity index (χ1v) is 6.40. The molecule has 0 aliphatic carbocycles. The van der Waals surface area contributed by atoms with Gasteiger partial charge in [0, 0.05) is 6.20 Å². The summed E-state index contributed by atoms with van der Waals surface area (Å²) in [5.41, 5.74) is 4.26. The van der Waals surface area contributed by atoms with Crippen molar-refractivity contribution in [2.75, 3.05) is 16.4 Å². The SMILES string of the molecule is C=C(F)C(=O)Nc1ccccc1Nc1nc(N)ncc1C(F)(F)F. The molecule has 1 aromatic heterocycles.